The van der Waals surface area contributed by atoms with Crippen LogP contribution in [0.4, 0.5) is 0 Å². The van der Waals surface area contributed by atoms with Gasteiger partial charge in [-0.05, 0) is 29.6 Å². The summed E-state index contributed by atoms with van der Waals surface area (Å²) in [4.78, 5) is 10.1. The van der Waals surface area contributed by atoms with Crippen LogP contribution in [-0.2, 0) is 17.0 Å². The van der Waals surface area contributed by atoms with Crippen molar-refractivity contribution in [2.45, 2.75) is 17.5 Å². The Balaban J connectivity index is 1.56. The van der Waals surface area contributed by atoms with Crippen molar-refractivity contribution in [1.29, 1.82) is 0 Å². The number of rotatable bonds is 7. The number of benzene rings is 1. The number of nitrogens with zero attached hydrogens (tertiary/aromatic N) is 4. The van der Waals surface area contributed by atoms with Crippen molar-refractivity contribution >= 4 is 45.7 Å². The minimum absolute atomic E-state index is 0.551. The molecule has 4 rings (SSSR count). The topological polar surface area (TPSA) is 66.0 Å². The molecule has 26 heavy (non-hydrogen) atoms. The normalized spacial score (nSPS) is 11.5. The van der Waals surface area contributed by atoms with Crippen molar-refractivity contribution in [1.82, 2.24) is 19.7 Å². The molecule has 4 aromatic rings. The van der Waals surface area contributed by atoms with E-state index < -0.39 is 0 Å². The fourth-order valence-corrected chi connectivity index (χ4v) is 4.23. The number of hydrogen-bond donors (Lipinski definition) is 0. The lowest BCUT2D eigenvalue weighted by molar-refractivity contribution is 0.186. The Bertz CT molecular complexity index is 1010. The van der Waals surface area contributed by atoms with Crippen molar-refractivity contribution in [2.75, 3.05) is 13.7 Å². The van der Waals surface area contributed by atoms with E-state index in [9.17, 15) is 0 Å². The second-order valence-electron chi connectivity index (χ2n) is 5.45. The van der Waals surface area contributed by atoms with Crippen LogP contribution in [0.2, 0.25) is 5.02 Å². The van der Waals surface area contributed by atoms with Crippen LogP contribution in [0.3, 0.4) is 0 Å². The van der Waals surface area contributed by atoms with Gasteiger partial charge in [0.1, 0.15) is 0 Å². The quantitative estimate of drug-likeness (QED) is 0.413. The van der Waals surface area contributed by atoms with Gasteiger partial charge in [-0.2, -0.15) is 4.98 Å². The predicted octanol–water partition coefficient (Wildman–Crippen LogP) is 4.74. The van der Waals surface area contributed by atoms with E-state index in [0.717, 1.165) is 21.1 Å². The molecule has 0 aliphatic carbocycles. The average molecular weight is 407 g/mol. The minimum Gasteiger partial charge on any atom is -0.383 e. The van der Waals surface area contributed by atoms with Gasteiger partial charge in [0.25, 0.3) is 5.89 Å². The summed E-state index contributed by atoms with van der Waals surface area (Å²) in [6, 6.07) is 9.64. The molecule has 0 atom stereocenters. The standard InChI is InChI=1S/C17H15ClN4O2S2/c1-23-7-6-22-13-5-4-11(18)9-12(13)19-17(22)26-10-15-20-16(24-21-15)14-3-2-8-25-14/h2-5,8-9H,6-7,10H2,1H3. The molecule has 0 aliphatic rings. The summed E-state index contributed by atoms with van der Waals surface area (Å²) in [6.45, 7) is 1.32. The van der Waals surface area contributed by atoms with Crippen LogP contribution in [0, 0.1) is 0 Å². The van der Waals surface area contributed by atoms with E-state index in [1.165, 1.54) is 0 Å². The fraction of sp³-hybridized carbons (Fsp3) is 0.235. The number of halogens is 1. The van der Waals surface area contributed by atoms with E-state index in [4.69, 9.17) is 25.8 Å². The number of thioether (sulfide) groups is 1. The smallest absolute Gasteiger partial charge is 0.268 e. The van der Waals surface area contributed by atoms with Crippen molar-refractivity contribution in [3.05, 3.63) is 46.6 Å². The molecule has 3 aromatic heterocycles. The van der Waals surface area contributed by atoms with E-state index in [0.29, 0.717) is 35.6 Å². The Morgan fingerprint density at radius 3 is 3.04 bits per heavy atom. The van der Waals surface area contributed by atoms with Gasteiger partial charge >= 0.3 is 0 Å². The lowest BCUT2D eigenvalue weighted by Crippen LogP contribution is -2.05. The Morgan fingerprint density at radius 2 is 2.23 bits per heavy atom. The molecule has 6 nitrogen and oxygen atoms in total. The zero-order valence-electron chi connectivity index (χ0n) is 13.9. The van der Waals surface area contributed by atoms with Gasteiger partial charge in [-0.25, -0.2) is 4.98 Å². The van der Waals surface area contributed by atoms with Gasteiger partial charge < -0.3 is 13.8 Å². The number of hydrogen-bond acceptors (Lipinski definition) is 7. The average Bonchev–Trinajstić information content (AvgIpc) is 3.37. The Hall–Kier alpha value is -1.87. The van der Waals surface area contributed by atoms with Gasteiger partial charge in [0.15, 0.2) is 11.0 Å². The van der Waals surface area contributed by atoms with Crippen LogP contribution in [0.1, 0.15) is 5.82 Å². The molecule has 0 bridgehead atoms. The molecular formula is C17H15ClN4O2S2. The maximum absolute atomic E-state index is 6.10. The first kappa shape index (κ1) is 17.5. The van der Waals surface area contributed by atoms with E-state index in [1.54, 1.807) is 30.2 Å². The van der Waals surface area contributed by atoms with Crippen molar-refractivity contribution in [3.8, 4) is 10.8 Å². The summed E-state index contributed by atoms with van der Waals surface area (Å²) < 4.78 is 12.7. The zero-order valence-corrected chi connectivity index (χ0v) is 16.3. The maximum Gasteiger partial charge on any atom is 0.268 e. The molecular weight excluding hydrogens is 392 g/mol. The van der Waals surface area contributed by atoms with Crippen LogP contribution < -0.4 is 0 Å². The first-order valence-electron chi connectivity index (χ1n) is 7.88. The number of aromatic nitrogens is 4. The van der Waals surface area contributed by atoms with Gasteiger partial charge in [-0.15, -0.1) is 11.3 Å². The number of fused-ring (bicyclic) bond motifs is 1. The van der Waals surface area contributed by atoms with Crippen LogP contribution in [-0.4, -0.2) is 33.4 Å². The summed E-state index contributed by atoms with van der Waals surface area (Å²) in [7, 11) is 1.69. The second kappa shape index (κ2) is 7.79. The van der Waals surface area contributed by atoms with Crippen LogP contribution in [0.5, 0.6) is 0 Å². The molecule has 0 unspecified atom stereocenters. The number of methoxy groups -OCH3 is 1. The molecule has 0 N–H and O–H groups in total. The molecule has 0 fully saturated rings. The summed E-state index contributed by atoms with van der Waals surface area (Å²) in [5, 5.41) is 7.59. The Labute approximate surface area is 163 Å². The lowest BCUT2D eigenvalue weighted by atomic mass is 10.3. The first-order chi connectivity index (χ1) is 12.7. The van der Waals surface area contributed by atoms with E-state index in [-0.39, 0.29) is 0 Å². The molecule has 0 saturated heterocycles. The monoisotopic (exact) mass is 406 g/mol. The highest BCUT2D eigenvalue weighted by molar-refractivity contribution is 7.98. The SMILES string of the molecule is COCCn1c(SCc2noc(-c3cccs3)n2)nc2cc(Cl)ccc21. The second-order valence-corrected chi connectivity index (χ2v) is 7.78. The third-order valence-electron chi connectivity index (χ3n) is 3.72. The van der Waals surface area contributed by atoms with E-state index in [1.807, 2.05) is 35.7 Å². The molecule has 0 spiro atoms. The third-order valence-corrected chi connectivity index (χ3v) is 5.79. The van der Waals surface area contributed by atoms with Gasteiger partial charge in [0.05, 0.1) is 28.3 Å². The minimum atomic E-state index is 0.551. The Morgan fingerprint density at radius 1 is 1.31 bits per heavy atom. The summed E-state index contributed by atoms with van der Waals surface area (Å²) >= 11 is 9.24. The molecule has 0 radical (unpaired) electrons. The zero-order chi connectivity index (χ0) is 17.9. The molecule has 0 saturated carbocycles. The summed E-state index contributed by atoms with van der Waals surface area (Å²) in [6.07, 6.45) is 0. The molecule has 0 aliphatic heterocycles. The lowest BCUT2D eigenvalue weighted by Gasteiger charge is -2.07. The first-order valence-corrected chi connectivity index (χ1v) is 10.1. The largest absolute Gasteiger partial charge is 0.383 e. The van der Waals surface area contributed by atoms with Crippen molar-refractivity contribution < 1.29 is 9.26 Å². The molecule has 1 aromatic carbocycles. The van der Waals surface area contributed by atoms with Crippen LogP contribution in [0.15, 0.2) is 45.4 Å². The van der Waals surface area contributed by atoms with Crippen molar-refractivity contribution in [2.24, 2.45) is 0 Å². The van der Waals surface area contributed by atoms with Gasteiger partial charge in [0, 0.05) is 18.7 Å². The highest BCUT2D eigenvalue weighted by Gasteiger charge is 2.14. The third kappa shape index (κ3) is 3.64. The highest BCUT2D eigenvalue weighted by Crippen LogP contribution is 2.29. The van der Waals surface area contributed by atoms with Crippen molar-refractivity contribution in [3.63, 3.8) is 0 Å². The number of ether oxygens (including phenoxy) is 1. The molecule has 0 amide bonds. The predicted molar refractivity (Wildman–Crippen MR) is 104 cm³/mol. The molecule has 9 heteroatoms. The number of imidazole rings is 1. The number of thiophene rings is 1. The highest BCUT2D eigenvalue weighted by atomic mass is 35.5. The Kier molecular flexibility index (Phi) is 5.26. The van der Waals surface area contributed by atoms with Crippen LogP contribution >= 0.6 is 34.7 Å². The van der Waals surface area contributed by atoms with Gasteiger partial charge in [0.2, 0.25) is 0 Å². The van der Waals surface area contributed by atoms with Gasteiger partial charge in [-0.3, -0.25) is 0 Å². The van der Waals surface area contributed by atoms with Crippen LogP contribution in [0.25, 0.3) is 21.8 Å². The fourth-order valence-electron chi connectivity index (χ4n) is 2.53. The summed E-state index contributed by atoms with van der Waals surface area (Å²) in [5.41, 5.74) is 1.89. The molecule has 134 valence electrons. The molecule has 3 heterocycles. The maximum atomic E-state index is 6.10. The van der Waals surface area contributed by atoms with E-state index in [2.05, 4.69) is 14.7 Å². The summed E-state index contributed by atoms with van der Waals surface area (Å²) in [5.74, 6) is 1.76. The van der Waals surface area contributed by atoms with E-state index >= 15 is 0 Å². The van der Waals surface area contributed by atoms with Gasteiger partial charge in [-0.1, -0.05) is 34.6 Å².